The summed E-state index contributed by atoms with van der Waals surface area (Å²) in [7, 11) is 0. The van der Waals surface area contributed by atoms with E-state index in [2.05, 4.69) is 51.7 Å². The number of hydrogen-bond acceptors (Lipinski definition) is 4. The summed E-state index contributed by atoms with van der Waals surface area (Å²) in [6.07, 6.45) is 0. The monoisotopic (exact) mass is 518 g/mol. The van der Waals surface area contributed by atoms with Crippen molar-refractivity contribution in [1.82, 2.24) is 0 Å². The maximum absolute atomic E-state index is 11.6. The third kappa shape index (κ3) is 38.4. The second-order valence-corrected chi connectivity index (χ2v) is 3.09. The summed E-state index contributed by atoms with van der Waals surface area (Å²) in [5.41, 5.74) is 0.209. The number of carbonyl (C=O) groups is 2. The van der Waals surface area contributed by atoms with Crippen molar-refractivity contribution in [3.8, 4) is 17.6 Å². The predicted octanol–water partition coefficient (Wildman–Crippen LogP) is 1.56. The molecule has 166 valence electrons. The normalized spacial score (nSPS) is 5.23. The molecule has 0 spiro atoms. The van der Waals surface area contributed by atoms with Gasteiger partial charge in [-0.05, 0) is 19.1 Å². The van der Waals surface area contributed by atoms with Crippen LogP contribution < -0.4 is 4.74 Å². The smallest absolute Gasteiger partial charge is 0 e. The Morgan fingerprint density at radius 3 is 1.58 bits per heavy atom. The van der Waals surface area contributed by atoms with Crippen molar-refractivity contribution in [2.75, 3.05) is 6.61 Å². The zero-order chi connectivity index (χ0) is 24.7. The van der Waals surface area contributed by atoms with E-state index in [0.29, 0.717) is 0 Å². The molecule has 1 aromatic rings. The summed E-state index contributed by atoms with van der Waals surface area (Å²) in [5, 5.41) is 0. The molecule has 2 radical (unpaired) electrons. The first kappa shape index (κ1) is 51.1. The maximum atomic E-state index is 11.6. The minimum atomic E-state index is -0.565. The van der Waals surface area contributed by atoms with Crippen molar-refractivity contribution in [3.63, 3.8) is 0 Å². The van der Waals surface area contributed by atoms with Gasteiger partial charge in [0.05, 0.1) is 0 Å². The van der Waals surface area contributed by atoms with Gasteiger partial charge >= 0.3 is 79.8 Å². The van der Waals surface area contributed by atoms with Crippen LogP contribution in [0.15, 0.2) is 24.3 Å². The van der Waals surface area contributed by atoms with Crippen molar-refractivity contribution in [1.29, 1.82) is 0 Å². The zero-order valence-corrected chi connectivity index (χ0v) is 17.8. The van der Waals surface area contributed by atoms with E-state index in [1.165, 1.54) is 19.1 Å². The topological polar surface area (TPSA) is 172 Å². The van der Waals surface area contributed by atoms with Gasteiger partial charge in [0.2, 0.25) is 0 Å². The molecule has 0 saturated heterocycles. The van der Waals surface area contributed by atoms with Gasteiger partial charge in [-0.2, -0.15) is 0 Å². The predicted molar refractivity (Wildman–Crippen MR) is 85.1 cm³/mol. The van der Waals surface area contributed by atoms with E-state index in [-0.39, 0.29) is 51.5 Å². The molecule has 0 atom stereocenters. The molecule has 0 bridgehead atoms. The van der Waals surface area contributed by atoms with E-state index in [9.17, 15) is 9.59 Å². The number of benzene rings is 1. The molecule has 0 saturated carbocycles. The van der Waals surface area contributed by atoms with Gasteiger partial charge in [-0.25, -0.2) is 4.79 Å². The largest absolute Gasteiger partial charge is 0 e. The molecule has 0 fully saturated rings. The Morgan fingerprint density at radius 1 is 0.839 bits per heavy atom. The van der Waals surface area contributed by atoms with Crippen LogP contribution in [0.5, 0.6) is 5.75 Å². The molecule has 0 amide bonds. The first-order valence-electron chi connectivity index (χ1n) is 6.21. The average molecular weight is 518 g/mol. The quantitative estimate of drug-likeness (QED) is 0.194. The van der Waals surface area contributed by atoms with Crippen LogP contribution in [-0.2, 0) is 71.0 Å². The van der Waals surface area contributed by atoms with Gasteiger partial charge in [0.25, 0.3) is 0 Å². The van der Waals surface area contributed by atoms with Crippen molar-refractivity contribution >= 4 is 11.9 Å². The van der Waals surface area contributed by atoms with Crippen molar-refractivity contribution in [2.24, 2.45) is 0 Å². The Kier molecular flexibility index (Phi) is 92.9. The SMILES string of the molecule is CC#CCOC(=O)c1ccccc1OC(C)=O.[C-]#[O+].[C-]#[O+].[C-]#[O+].[C-]#[O+].[C-]#[O+].[C-]#[O+].[Co].[Co]. The summed E-state index contributed by atoms with van der Waals surface area (Å²) < 4.78 is 54.8. The van der Waals surface area contributed by atoms with E-state index in [4.69, 9.17) is 37.4 Å². The van der Waals surface area contributed by atoms with E-state index >= 15 is 0 Å². The summed E-state index contributed by atoms with van der Waals surface area (Å²) in [6, 6.07) is 6.39. The van der Waals surface area contributed by atoms with E-state index in [1.807, 2.05) is 0 Å². The Balaban J connectivity index is -0.0000000545. The molecule has 1 aromatic carbocycles. The van der Waals surface area contributed by atoms with Gasteiger partial charge in [0.1, 0.15) is 11.3 Å². The molecule has 0 N–H and O–H groups in total. The number of esters is 2. The first-order chi connectivity index (χ1) is 14.1. The van der Waals surface area contributed by atoms with Gasteiger partial charge in [-0.3, -0.25) is 4.79 Å². The number of hydrogen-bond donors (Lipinski definition) is 0. The Morgan fingerprint density at radius 2 is 1.23 bits per heavy atom. The standard InChI is InChI=1S/C13H12O4.6CO.2Co/c1-3-4-9-16-13(15)11-7-5-6-8-12(11)17-10(2)14;6*1-2;;/h5-8H,9H2,1-2H3;;;;;;;;. The van der Waals surface area contributed by atoms with Gasteiger partial charge in [-0.1, -0.05) is 18.1 Å². The number of para-hydroxylation sites is 1. The Hall–Kier alpha value is -2.83. The van der Waals surface area contributed by atoms with Crippen LogP contribution in [0, 0.1) is 51.7 Å². The van der Waals surface area contributed by atoms with Crippen molar-refractivity contribution < 1.29 is 80.5 Å². The summed E-state index contributed by atoms with van der Waals surface area (Å²) in [4.78, 5) is 22.5. The van der Waals surface area contributed by atoms with Crippen LogP contribution in [0.3, 0.4) is 0 Å². The first-order valence-corrected chi connectivity index (χ1v) is 6.21. The van der Waals surface area contributed by atoms with E-state index in [1.54, 1.807) is 19.1 Å². The molecule has 10 nitrogen and oxygen atoms in total. The fraction of sp³-hybridized carbons (Fsp3) is 0.158. The second kappa shape index (κ2) is 56.4. The number of rotatable bonds is 3. The van der Waals surface area contributed by atoms with Crippen LogP contribution in [0.25, 0.3) is 0 Å². The molecular formula is C19H12Co2O10. The fourth-order valence-electron chi connectivity index (χ4n) is 1.13. The molecule has 0 unspecified atom stereocenters. The molecule has 12 heteroatoms. The van der Waals surface area contributed by atoms with Crippen LogP contribution >= 0.6 is 0 Å². The second-order valence-electron chi connectivity index (χ2n) is 3.09. The number of ether oxygens (including phenoxy) is 2. The third-order valence-corrected chi connectivity index (χ3v) is 1.81. The molecule has 1 rings (SSSR count). The van der Waals surface area contributed by atoms with Gasteiger partial charge in [-0.15, -0.1) is 5.92 Å². The van der Waals surface area contributed by atoms with Crippen LogP contribution in [-0.4, -0.2) is 18.5 Å². The Bertz CT molecular complexity index is 688. The minimum Gasteiger partial charge on any atom is 0 e. The summed E-state index contributed by atoms with van der Waals surface area (Å²) in [5.74, 6) is 4.35. The fourth-order valence-corrected chi connectivity index (χ4v) is 1.13. The maximum Gasteiger partial charge on any atom is 0 e. The third-order valence-electron chi connectivity index (χ3n) is 1.81. The van der Waals surface area contributed by atoms with Crippen LogP contribution in [0.2, 0.25) is 0 Å². The molecule has 0 aromatic heterocycles. The van der Waals surface area contributed by atoms with Crippen LogP contribution in [0.4, 0.5) is 0 Å². The van der Waals surface area contributed by atoms with E-state index in [0.717, 1.165) is 0 Å². The molecule has 0 heterocycles. The van der Waals surface area contributed by atoms with Gasteiger partial charge in [0.15, 0.2) is 6.61 Å². The molecular weight excluding hydrogens is 506 g/mol. The molecule has 0 aliphatic rings. The van der Waals surface area contributed by atoms with Gasteiger partial charge < -0.3 is 9.47 Å². The number of carbonyl (C=O) groups excluding carboxylic acids is 2. The molecule has 0 aliphatic carbocycles. The summed E-state index contributed by atoms with van der Waals surface area (Å²) in [6.45, 7) is 29.9. The molecule has 31 heavy (non-hydrogen) atoms. The Labute approximate surface area is 200 Å². The molecule has 0 aliphatic heterocycles. The zero-order valence-electron chi connectivity index (χ0n) is 15.8. The van der Waals surface area contributed by atoms with E-state index < -0.39 is 11.9 Å². The van der Waals surface area contributed by atoms with Crippen molar-refractivity contribution in [3.05, 3.63) is 69.7 Å². The van der Waals surface area contributed by atoms with Crippen LogP contribution in [0.1, 0.15) is 24.2 Å². The summed E-state index contributed by atoms with van der Waals surface area (Å²) >= 11 is 0. The van der Waals surface area contributed by atoms with Crippen molar-refractivity contribution in [2.45, 2.75) is 13.8 Å². The van der Waals surface area contributed by atoms with Gasteiger partial charge in [0, 0.05) is 40.5 Å². The minimum absolute atomic E-state index is 0. The average Bonchev–Trinajstić information content (AvgIpc) is 2.82.